The normalized spacial score (nSPS) is 10.1. The van der Waals surface area contributed by atoms with E-state index in [0.29, 0.717) is 5.75 Å². The maximum atomic E-state index is 11.6. The number of carbonyl (C=O) groups excluding carboxylic acids is 1. The Morgan fingerprint density at radius 1 is 1.25 bits per heavy atom. The van der Waals surface area contributed by atoms with Crippen LogP contribution in [-0.2, 0) is 4.79 Å². The lowest BCUT2D eigenvalue weighted by Gasteiger charge is -2.06. The Hall–Kier alpha value is -2.83. The van der Waals surface area contributed by atoms with Crippen LogP contribution < -0.4 is 21.3 Å². The number of aryl methyl sites for hydroxylation is 1. The number of aromatic nitrogens is 2. The van der Waals surface area contributed by atoms with Crippen molar-refractivity contribution < 1.29 is 9.53 Å². The highest BCUT2D eigenvalue weighted by molar-refractivity contribution is 5.91. The minimum Gasteiger partial charge on any atom is -0.484 e. The molecule has 1 aromatic heterocycles. The second-order valence-corrected chi connectivity index (χ2v) is 4.14. The van der Waals surface area contributed by atoms with Crippen molar-refractivity contribution in [2.45, 2.75) is 6.92 Å². The van der Waals surface area contributed by atoms with Crippen LogP contribution in [0.3, 0.4) is 0 Å². The van der Waals surface area contributed by atoms with Crippen LogP contribution >= 0.6 is 0 Å². The van der Waals surface area contributed by atoms with Gasteiger partial charge in [0.05, 0.1) is 0 Å². The predicted octanol–water partition coefficient (Wildman–Crippen LogP) is 0.389. The van der Waals surface area contributed by atoms with Crippen molar-refractivity contribution in [1.82, 2.24) is 9.97 Å². The van der Waals surface area contributed by atoms with Gasteiger partial charge in [0.15, 0.2) is 6.61 Å². The molecule has 2 rings (SSSR count). The van der Waals surface area contributed by atoms with Gasteiger partial charge in [-0.2, -0.15) is 0 Å². The van der Waals surface area contributed by atoms with Gasteiger partial charge < -0.3 is 15.0 Å². The highest BCUT2D eigenvalue weighted by Gasteiger charge is 2.07. The van der Waals surface area contributed by atoms with Gasteiger partial charge in [0.1, 0.15) is 11.4 Å². The molecule has 104 valence electrons. The molecule has 7 heteroatoms. The van der Waals surface area contributed by atoms with Gasteiger partial charge in [0, 0.05) is 6.20 Å². The quantitative estimate of drug-likeness (QED) is 0.750. The van der Waals surface area contributed by atoms with Gasteiger partial charge in [-0.05, 0) is 19.1 Å². The van der Waals surface area contributed by atoms with Gasteiger partial charge in [-0.1, -0.05) is 17.7 Å². The van der Waals surface area contributed by atoms with Gasteiger partial charge in [0.25, 0.3) is 11.5 Å². The van der Waals surface area contributed by atoms with Crippen LogP contribution in [-0.4, -0.2) is 22.5 Å². The van der Waals surface area contributed by atoms with E-state index >= 15 is 0 Å². The van der Waals surface area contributed by atoms with E-state index in [2.05, 4.69) is 10.3 Å². The van der Waals surface area contributed by atoms with Gasteiger partial charge >= 0.3 is 5.69 Å². The number of ether oxygens (including phenoxy) is 1. The summed E-state index contributed by atoms with van der Waals surface area (Å²) in [5.41, 5.74) is -0.259. The first kappa shape index (κ1) is 13.6. The number of nitrogens with one attached hydrogen (secondary N) is 3. The molecule has 0 atom stereocenters. The number of anilines is 1. The van der Waals surface area contributed by atoms with Crippen molar-refractivity contribution in [2.75, 3.05) is 11.9 Å². The average molecular weight is 275 g/mol. The van der Waals surface area contributed by atoms with Crippen LogP contribution in [0.2, 0.25) is 0 Å². The Labute approximate surface area is 113 Å². The zero-order valence-corrected chi connectivity index (χ0v) is 10.7. The number of carbonyl (C=O) groups is 1. The summed E-state index contributed by atoms with van der Waals surface area (Å²) in [5, 5.41) is 2.34. The third-order valence-electron chi connectivity index (χ3n) is 2.48. The Bertz CT molecular complexity index is 715. The molecule has 0 spiro atoms. The van der Waals surface area contributed by atoms with E-state index in [1.165, 1.54) is 0 Å². The van der Waals surface area contributed by atoms with Gasteiger partial charge in [-0.3, -0.25) is 14.6 Å². The first-order valence-electron chi connectivity index (χ1n) is 5.86. The van der Waals surface area contributed by atoms with E-state index in [1.54, 1.807) is 12.1 Å². The first-order chi connectivity index (χ1) is 9.54. The fraction of sp³-hybridized carbons (Fsp3) is 0.154. The summed E-state index contributed by atoms with van der Waals surface area (Å²) in [6.07, 6.45) is 1.13. The maximum absolute atomic E-state index is 11.6. The standard InChI is InChI=1S/C13H13N3O4/c1-8-2-4-9(5-3-8)20-7-11(17)15-10-6-14-13(19)16-12(10)18/h2-6H,7H2,1H3,(H,15,17)(H2,14,16,18,19). The molecular formula is C13H13N3O4. The molecule has 1 amide bonds. The molecule has 0 unspecified atom stereocenters. The largest absolute Gasteiger partial charge is 0.484 e. The van der Waals surface area contributed by atoms with Gasteiger partial charge in [-0.15, -0.1) is 0 Å². The lowest BCUT2D eigenvalue weighted by Crippen LogP contribution is -2.28. The summed E-state index contributed by atoms with van der Waals surface area (Å²) in [5.74, 6) is 0.0595. The number of amides is 1. The van der Waals surface area contributed by atoms with Crippen molar-refractivity contribution in [3.8, 4) is 5.75 Å². The van der Waals surface area contributed by atoms with E-state index in [-0.39, 0.29) is 12.3 Å². The van der Waals surface area contributed by atoms with Crippen molar-refractivity contribution in [3.05, 3.63) is 56.9 Å². The smallest absolute Gasteiger partial charge is 0.325 e. The van der Waals surface area contributed by atoms with Crippen molar-refractivity contribution in [2.24, 2.45) is 0 Å². The van der Waals surface area contributed by atoms with Gasteiger partial charge in [0.2, 0.25) is 0 Å². The topological polar surface area (TPSA) is 104 Å². The molecule has 0 radical (unpaired) electrons. The molecule has 1 aromatic carbocycles. The summed E-state index contributed by atoms with van der Waals surface area (Å²) in [6.45, 7) is 1.71. The van der Waals surface area contributed by atoms with E-state index in [9.17, 15) is 14.4 Å². The first-order valence-corrected chi connectivity index (χ1v) is 5.86. The molecule has 0 saturated heterocycles. The second kappa shape index (κ2) is 5.87. The Kier molecular flexibility index (Phi) is 3.99. The summed E-state index contributed by atoms with van der Waals surface area (Å²) < 4.78 is 5.26. The third-order valence-corrected chi connectivity index (χ3v) is 2.48. The van der Waals surface area contributed by atoms with Crippen molar-refractivity contribution >= 4 is 11.6 Å². The third kappa shape index (κ3) is 3.58. The zero-order chi connectivity index (χ0) is 14.5. The molecule has 3 N–H and O–H groups in total. The second-order valence-electron chi connectivity index (χ2n) is 4.14. The molecule has 0 saturated carbocycles. The summed E-state index contributed by atoms with van der Waals surface area (Å²) >= 11 is 0. The minimum atomic E-state index is -0.669. The zero-order valence-electron chi connectivity index (χ0n) is 10.7. The lowest BCUT2D eigenvalue weighted by atomic mass is 10.2. The molecule has 0 bridgehead atoms. The van der Waals surface area contributed by atoms with E-state index in [1.807, 2.05) is 24.0 Å². The molecule has 0 aliphatic rings. The van der Waals surface area contributed by atoms with Crippen LogP contribution in [0.15, 0.2) is 40.1 Å². The van der Waals surface area contributed by atoms with Crippen molar-refractivity contribution in [1.29, 1.82) is 0 Å². The summed E-state index contributed by atoms with van der Waals surface area (Å²) in [6, 6.07) is 7.21. The number of hydrogen-bond acceptors (Lipinski definition) is 4. The highest BCUT2D eigenvalue weighted by Crippen LogP contribution is 2.11. The van der Waals surface area contributed by atoms with E-state index < -0.39 is 17.2 Å². The molecule has 7 nitrogen and oxygen atoms in total. The molecule has 0 fully saturated rings. The number of rotatable bonds is 4. The Morgan fingerprint density at radius 2 is 1.95 bits per heavy atom. The monoisotopic (exact) mass is 275 g/mol. The fourth-order valence-electron chi connectivity index (χ4n) is 1.47. The van der Waals surface area contributed by atoms with Crippen LogP contribution in [0.25, 0.3) is 0 Å². The van der Waals surface area contributed by atoms with E-state index in [0.717, 1.165) is 11.8 Å². The van der Waals surface area contributed by atoms with Crippen LogP contribution in [0.4, 0.5) is 5.69 Å². The maximum Gasteiger partial charge on any atom is 0.325 e. The number of hydrogen-bond donors (Lipinski definition) is 3. The van der Waals surface area contributed by atoms with Crippen LogP contribution in [0.5, 0.6) is 5.75 Å². The van der Waals surface area contributed by atoms with Crippen molar-refractivity contribution in [3.63, 3.8) is 0 Å². The van der Waals surface area contributed by atoms with Crippen LogP contribution in [0, 0.1) is 6.92 Å². The molecular weight excluding hydrogens is 262 g/mol. The Morgan fingerprint density at radius 3 is 2.60 bits per heavy atom. The average Bonchev–Trinajstić information content (AvgIpc) is 2.41. The SMILES string of the molecule is Cc1ccc(OCC(=O)Nc2c[nH]c(=O)[nH]c2=O)cc1. The molecule has 1 heterocycles. The van der Waals surface area contributed by atoms with E-state index in [4.69, 9.17) is 4.74 Å². The predicted molar refractivity (Wildman–Crippen MR) is 73.0 cm³/mol. The van der Waals surface area contributed by atoms with Gasteiger partial charge in [-0.25, -0.2) is 4.79 Å². The van der Waals surface area contributed by atoms with Crippen LogP contribution in [0.1, 0.15) is 5.56 Å². The minimum absolute atomic E-state index is 0.0397. The summed E-state index contributed by atoms with van der Waals surface area (Å²) in [7, 11) is 0. The highest BCUT2D eigenvalue weighted by atomic mass is 16.5. The molecule has 0 aliphatic carbocycles. The lowest BCUT2D eigenvalue weighted by molar-refractivity contribution is -0.118. The summed E-state index contributed by atoms with van der Waals surface area (Å²) in [4.78, 5) is 38.0. The number of aromatic amines is 2. The number of benzene rings is 1. The number of H-pyrrole nitrogens is 2. The Balaban J connectivity index is 1.94. The molecule has 0 aliphatic heterocycles. The molecule has 2 aromatic rings. The molecule has 20 heavy (non-hydrogen) atoms. The fourth-order valence-corrected chi connectivity index (χ4v) is 1.47.